The SMILES string of the molecule is O=[P+](Oc1cccc2cc3ccccc3cc12)Oc1cccc2cc3ccccc3cc12. The highest BCUT2D eigenvalue weighted by molar-refractivity contribution is 7.34. The van der Waals surface area contributed by atoms with Crippen molar-refractivity contribution in [3.05, 3.63) is 109 Å². The molecule has 0 fully saturated rings. The van der Waals surface area contributed by atoms with Gasteiger partial charge in [-0.2, -0.15) is 0 Å². The highest BCUT2D eigenvalue weighted by Gasteiger charge is 2.26. The molecule has 0 aliphatic rings. The quantitative estimate of drug-likeness (QED) is 0.207. The third-order valence-corrected chi connectivity index (χ3v) is 6.45. The van der Waals surface area contributed by atoms with Crippen molar-refractivity contribution in [1.29, 1.82) is 0 Å². The van der Waals surface area contributed by atoms with Crippen LogP contribution in [0, 0.1) is 0 Å². The van der Waals surface area contributed by atoms with Crippen LogP contribution in [0.5, 0.6) is 11.5 Å². The molecule has 3 nitrogen and oxygen atoms in total. The normalized spacial score (nSPS) is 11.2. The van der Waals surface area contributed by atoms with E-state index < -0.39 is 8.25 Å². The lowest BCUT2D eigenvalue weighted by atomic mass is 10.0. The van der Waals surface area contributed by atoms with Crippen molar-refractivity contribution in [1.82, 2.24) is 0 Å². The maximum atomic E-state index is 12.9. The Balaban J connectivity index is 1.36. The van der Waals surface area contributed by atoms with Crippen LogP contribution in [0.3, 0.4) is 0 Å². The zero-order valence-electron chi connectivity index (χ0n) is 17.1. The van der Waals surface area contributed by atoms with Gasteiger partial charge in [0, 0.05) is 15.3 Å². The fourth-order valence-corrected chi connectivity index (χ4v) is 4.89. The molecule has 0 aliphatic carbocycles. The molecule has 0 saturated heterocycles. The van der Waals surface area contributed by atoms with E-state index in [1.165, 1.54) is 0 Å². The van der Waals surface area contributed by atoms with Crippen molar-refractivity contribution >= 4 is 51.3 Å². The first-order chi connectivity index (χ1) is 15.7. The molecule has 0 bridgehead atoms. The second-order valence-electron chi connectivity index (χ2n) is 7.76. The second kappa shape index (κ2) is 7.64. The number of hydrogen-bond acceptors (Lipinski definition) is 3. The smallest absolute Gasteiger partial charge is 0.222 e. The molecule has 6 aromatic rings. The number of hydrogen-bond donors (Lipinski definition) is 0. The molecule has 152 valence electrons. The molecule has 0 N–H and O–H groups in total. The third kappa shape index (κ3) is 3.33. The third-order valence-electron chi connectivity index (χ3n) is 5.76. The van der Waals surface area contributed by atoms with Gasteiger partial charge in [-0.15, -0.1) is 0 Å². The van der Waals surface area contributed by atoms with Gasteiger partial charge < -0.3 is 0 Å². The predicted octanol–water partition coefficient (Wildman–Crippen LogP) is 8.41. The fourth-order valence-electron chi connectivity index (χ4n) is 4.21. The minimum Gasteiger partial charge on any atom is -0.222 e. The maximum Gasteiger partial charge on any atom is 0.805 e. The van der Waals surface area contributed by atoms with Crippen molar-refractivity contribution < 1.29 is 13.6 Å². The molecule has 0 atom stereocenters. The van der Waals surface area contributed by atoms with Crippen LogP contribution in [0.2, 0.25) is 0 Å². The molecule has 0 unspecified atom stereocenters. The molecule has 0 spiro atoms. The van der Waals surface area contributed by atoms with Crippen molar-refractivity contribution in [3.8, 4) is 11.5 Å². The van der Waals surface area contributed by atoms with Crippen LogP contribution in [-0.2, 0) is 4.57 Å². The van der Waals surface area contributed by atoms with Gasteiger partial charge in [0.15, 0.2) is 11.5 Å². The summed E-state index contributed by atoms with van der Waals surface area (Å²) in [5, 5.41) is 8.38. The van der Waals surface area contributed by atoms with Gasteiger partial charge in [0.1, 0.15) is 0 Å². The zero-order valence-corrected chi connectivity index (χ0v) is 18.0. The maximum absolute atomic E-state index is 12.9. The van der Waals surface area contributed by atoms with Gasteiger partial charge in [0.2, 0.25) is 0 Å². The Morgan fingerprint density at radius 1 is 0.438 bits per heavy atom. The molecule has 6 aromatic carbocycles. The fraction of sp³-hybridized carbons (Fsp3) is 0. The summed E-state index contributed by atoms with van der Waals surface area (Å²) in [7, 11) is -2.42. The van der Waals surface area contributed by atoms with Gasteiger partial charge in [-0.25, -0.2) is 9.05 Å². The van der Waals surface area contributed by atoms with E-state index in [9.17, 15) is 4.57 Å². The summed E-state index contributed by atoms with van der Waals surface area (Å²) < 4.78 is 24.5. The molecule has 0 heterocycles. The Kier molecular flexibility index (Phi) is 4.49. The summed E-state index contributed by atoms with van der Waals surface area (Å²) in [6.07, 6.45) is 0. The lowest BCUT2D eigenvalue weighted by Gasteiger charge is -2.05. The van der Waals surface area contributed by atoms with E-state index in [2.05, 4.69) is 48.5 Å². The van der Waals surface area contributed by atoms with Crippen LogP contribution < -0.4 is 9.05 Å². The van der Waals surface area contributed by atoms with E-state index in [-0.39, 0.29) is 0 Å². The Morgan fingerprint density at radius 3 is 1.25 bits per heavy atom. The summed E-state index contributed by atoms with van der Waals surface area (Å²) in [6, 6.07) is 36.2. The number of benzene rings is 6. The first-order valence-electron chi connectivity index (χ1n) is 10.4. The number of fused-ring (bicyclic) bond motifs is 4. The van der Waals surface area contributed by atoms with Crippen molar-refractivity contribution in [2.24, 2.45) is 0 Å². The summed E-state index contributed by atoms with van der Waals surface area (Å²) in [4.78, 5) is 0. The van der Waals surface area contributed by atoms with Crippen LogP contribution in [0.25, 0.3) is 43.1 Å². The van der Waals surface area contributed by atoms with Crippen molar-refractivity contribution in [2.45, 2.75) is 0 Å². The van der Waals surface area contributed by atoms with Crippen LogP contribution in [0.15, 0.2) is 109 Å². The van der Waals surface area contributed by atoms with E-state index in [4.69, 9.17) is 9.05 Å². The predicted molar refractivity (Wildman–Crippen MR) is 132 cm³/mol. The Labute approximate surface area is 185 Å². The van der Waals surface area contributed by atoms with E-state index >= 15 is 0 Å². The Hall–Kier alpha value is -3.94. The lowest BCUT2D eigenvalue weighted by molar-refractivity contribution is 0.419. The second-order valence-corrected chi connectivity index (χ2v) is 8.57. The Morgan fingerprint density at radius 2 is 0.812 bits per heavy atom. The zero-order chi connectivity index (χ0) is 21.5. The molecular weight excluding hydrogens is 415 g/mol. The first-order valence-corrected chi connectivity index (χ1v) is 11.5. The number of rotatable bonds is 4. The van der Waals surface area contributed by atoms with E-state index in [1.807, 2.05) is 60.7 Å². The summed E-state index contributed by atoms with van der Waals surface area (Å²) in [6.45, 7) is 0. The molecule has 0 radical (unpaired) electrons. The van der Waals surface area contributed by atoms with Crippen molar-refractivity contribution in [3.63, 3.8) is 0 Å². The van der Waals surface area contributed by atoms with Crippen LogP contribution >= 0.6 is 8.25 Å². The van der Waals surface area contributed by atoms with Gasteiger partial charge in [0.25, 0.3) is 0 Å². The van der Waals surface area contributed by atoms with Gasteiger partial charge in [-0.1, -0.05) is 72.8 Å². The van der Waals surface area contributed by atoms with Crippen LogP contribution in [0.4, 0.5) is 0 Å². The largest absolute Gasteiger partial charge is 0.805 e. The standard InChI is InChI=1S/C28H18O3P/c29-32(30-27-13-5-11-23-15-19-7-1-3-9-21(19)17-25(23)27)31-28-14-6-12-24-16-20-8-2-4-10-22(20)18-26(24)28/h1-18H/q+1. The minimum absolute atomic E-state index is 0.542. The molecule has 32 heavy (non-hydrogen) atoms. The van der Waals surface area contributed by atoms with Crippen molar-refractivity contribution in [2.75, 3.05) is 0 Å². The first kappa shape index (κ1) is 18.8. The monoisotopic (exact) mass is 433 g/mol. The highest BCUT2D eigenvalue weighted by atomic mass is 31.1. The minimum atomic E-state index is -2.42. The molecule has 0 saturated carbocycles. The topological polar surface area (TPSA) is 35.5 Å². The molecule has 6 rings (SSSR count). The van der Waals surface area contributed by atoms with E-state index in [0.29, 0.717) is 11.5 Å². The van der Waals surface area contributed by atoms with Gasteiger partial charge in [0.05, 0.1) is 0 Å². The summed E-state index contributed by atoms with van der Waals surface area (Å²) in [5.41, 5.74) is 0. The summed E-state index contributed by atoms with van der Waals surface area (Å²) >= 11 is 0. The molecular formula is C28H18O3P+. The highest BCUT2D eigenvalue weighted by Crippen LogP contribution is 2.39. The van der Waals surface area contributed by atoms with Gasteiger partial charge in [-0.3, -0.25) is 0 Å². The van der Waals surface area contributed by atoms with Gasteiger partial charge >= 0.3 is 8.25 Å². The van der Waals surface area contributed by atoms with Gasteiger partial charge in [-0.05, 0) is 68.7 Å². The average molecular weight is 433 g/mol. The van der Waals surface area contributed by atoms with E-state index in [0.717, 1.165) is 43.1 Å². The molecule has 4 heteroatoms. The Bertz CT molecular complexity index is 1530. The molecule has 0 aromatic heterocycles. The summed E-state index contributed by atoms with van der Waals surface area (Å²) in [5.74, 6) is 1.08. The van der Waals surface area contributed by atoms with Crippen LogP contribution in [0.1, 0.15) is 0 Å². The van der Waals surface area contributed by atoms with E-state index in [1.54, 1.807) is 0 Å². The average Bonchev–Trinajstić information content (AvgIpc) is 2.82. The molecule has 0 aliphatic heterocycles. The lowest BCUT2D eigenvalue weighted by Crippen LogP contribution is -1.91. The molecule has 0 amide bonds. The van der Waals surface area contributed by atoms with Crippen LogP contribution in [-0.4, -0.2) is 0 Å².